The molecule has 1 N–H and O–H groups in total. The van der Waals surface area contributed by atoms with Gasteiger partial charge in [0.25, 0.3) is 0 Å². The van der Waals surface area contributed by atoms with Gasteiger partial charge in [0.05, 0.1) is 17.6 Å². The number of fused-ring (bicyclic) bond motifs is 1. The number of ether oxygens (including phenoxy) is 1. The summed E-state index contributed by atoms with van der Waals surface area (Å²) in [4.78, 5) is 17.0. The Labute approximate surface area is 201 Å². The summed E-state index contributed by atoms with van der Waals surface area (Å²) in [5.74, 6) is 1.88. The van der Waals surface area contributed by atoms with Gasteiger partial charge in [-0.1, -0.05) is 54.6 Å². The Morgan fingerprint density at radius 2 is 1.82 bits per heavy atom. The number of nitrogens with one attached hydrogen (secondary N) is 1. The van der Waals surface area contributed by atoms with E-state index in [2.05, 4.69) is 41.1 Å². The van der Waals surface area contributed by atoms with Crippen LogP contribution in [0, 0.1) is 6.92 Å². The summed E-state index contributed by atoms with van der Waals surface area (Å²) in [5, 5.41) is 2.97. The van der Waals surface area contributed by atoms with Crippen molar-refractivity contribution in [3.8, 4) is 5.75 Å². The van der Waals surface area contributed by atoms with Crippen LogP contribution in [0.5, 0.6) is 5.75 Å². The average molecular weight is 454 g/mol. The van der Waals surface area contributed by atoms with Gasteiger partial charge in [-0.3, -0.25) is 4.79 Å². The molecule has 0 aliphatic carbocycles. The first-order chi connectivity index (χ1) is 16.7. The van der Waals surface area contributed by atoms with Crippen LogP contribution in [0.4, 0.5) is 0 Å². The molecule has 0 spiro atoms. The molecule has 5 heteroatoms. The van der Waals surface area contributed by atoms with Crippen molar-refractivity contribution in [1.29, 1.82) is 0 Å². The minimum atomic E-state index is -0.0781. The van der Waals surface area contributed by atoms with Crippen molar-refractivity contribution >= 4 is 23.0 Å². The molecular formula is C29H31N3O2. The lowest BCUT2D eigenvalue weighted by atomic mass is 10.2. The fourth-order valence-electron chi connectivity index (χ4n) is 3.94. The third-order valence-electron chi connectivity index (χ3n) is 5.62. The first kappa shape index (κ1) is 23.3. The maximum atomic E-state index is 12.1. The van der Waals surface area contributed by atoms with Gasteiger partial charge in [-0.15, -0.1) is 0 Å². The smallest absolute Gasteiger partial charge is 0.243 e. The summed E-state index contributed by atoms with van der Waals surface area (Å²) < 4.78 is 8.21. The van der Waals surface area contributed by atoms with E-state index in [0.29, 0.717) is 13.2 Å². The van der Waals surface area contributed by atoms with Crippen molar-refractivity contribution < 1.29 is 9.53 Å². The van der Waals surface area contributed by atoms with E-state index in [-0.39, 0.29) is 5.91 Å². The van der Waals surface area contributed by atoms with Gasteiger partial charge in [-0.05, 0) is 61.2 Å². The number of aromatic nitrogens is 2. The van der Waals surface area contributed by atoms with E-state index < -0.39 is 0 Å². The summed E-state index contributed by atoms with van der Waals surface area (Å²) in [7, 11) is 0. The van der Waals surface area contributed by atoms with Crippen molar-refractivity contribution in [3.63, 3.8) is 0 Å². The van der Waals surface area contributed by atoms with Crippen LogP contribution in [0.3, 0.4) is 0 Å². The second kappa shape index (κ2) is 11.8. The van der Waals surface area contributed by atoms with Gasteiger partial charge in [-0.2, -0.15) is 0 Å². The molecule has 34 heavy (non-hydrogen) atoms. The number of nitrogens with zero attached hydrogens (tertiary/aromatic N) is 2. The fraction of sp³-hybridized carbons (Fsp3) is 0.241. The summed E-state index contributed by atoms with van der Waals surface area (Å²) in [6.07, 6.45) is 5.93. The lowest BCUT2D eigenvalue weighted by molar-refractivity contribution is -0.116. The van der Waals surface area contributed by atoms with Crippen molar-refractivity contribution in [3.05, 3.63) is 102 Å². The van der Waals surface area contributed by atoms with Crippen LogP contribution >= 0.6 is 0 Å². The molecule has 0 saturated carbocycles. The van der Waals surface area contributed by atoms with E-state index in [4.69, 9.17) is 9.72 Å². The number of aryl methyl sites for hydroxylation is 3. The molecule has 0 unspecified atom stereocenters. The zero-order valence-corrected chi connectivity index (χ0v) is 19.6. The van der Waals surface area contributed by atoms with Gasteiger partial charge in [0.2, 0.25) is 5.91 Å². The molecule has 0 aliphatic heterocycles. The number of rotatable bonds is 11. The van der Waals surface area contributed by atoms with Crippen molar-refractivity contribution in [2.45, 2.75) is 32.7 Å². The van der Waals surface area contributed by atoms with E-state index in [0.717, 1.165) is 54.0 Å². The number of para-hydroxylation sites is 2. The largest absolute Gasteiger partial charge is 0.494 e. The molecule has 1 heterocycles. The second-order valence-electron chi connectivity index (χ2n) is 8.33. The highest BCUT2D eigenvalue weighted by atomic mass is 16.5. The molecule has 1 amide bonds. The summed E-state index contributed by atoms with van der Waals surface area (Å²) in [5.41, 5.74) is 4.36. The van der Waals surface area contributed by atoms with Crippen LogP contribution in [-0.4, -0.2) is 28.6 Å². The monoisotopic (exact) mass is 453 g/mol. The highest BCUT2D eigenvalue weighted by Gasteiger charge is 2.10. The molecule has 4 aromatic rings. The van der Waals surface area contributed by atoms with E-state index in [1.807, 2.05) is 60.7 Å². The molecule has 0 radical (unpaired) electrons. The molecular weight excluding hydrogens is 422 g/mol. The minimum Gasteiger partial charge on any atom is -0.494 e. The molecule has 0 fully saturated rings. The number of hydrogen-bond acceptors (Lipinski definition) is 3. The van der Waals surface area contributed by atoms with Crippen molar-refractivity contribution in [2.24, 2.45) is 0 Å². The van der Waals surface area contributed by atoms with E-state index in [1.165, 1.54) is 5.56 Å². The molecule has 4 rings (SSSR count). The first-order valence-electron chi connectivity index (χ1n) is 11.8. The third-order valence-corrected chi connectivity index (χ3v) is 5.62. The highest BCUT2D eigenvalue weighted by molar-refractivity contribution is 5.91. The standard InChI is InChI=1S/C29H31N3O2/c1-23-10-7-13-25(22-23)34-21-9-20-32-27-15-6-5-14-26(27)31-28(32)16-8-19-30-29(33)18-17-24-11-3-2-4-12-24/h2-7,10-15,17-18,22H,8-9,16,19-21H2,1H3,(H,30,33)/b18-17+. The quantitative estimate of drug-likeness (QED) is 0.238. The van der Waals surface area contributed by atoms with Crippen LogP contribution in [0.15, 0.2) is 84.9 Å². The predicted octanol–water partition coefficient (Wildman–Crippen LogP) is 5.58. The number of imidazole rings is 1. The molecule has 0 atom stereocenters. The number of hydrogen-bond donors (Lipinski definition) is 1. The van der Waals surface area contributed by atoms with Gasteiger partial charge in [0.1, 0.15) is 11.6 Å². The zero-order chi connectivity index (χ0) is 23.6. The lowest BCUT2D eigenvalue weighted by Gasteiger charge is -2.11. The van der Waals surface area contributed by atoms with Gasteiger partial charge >= 0.3 is 0 Å². The molecule has 5 nitrogen and oxygen atoms in total. The number of carbonyl (C=O) groups excluding carboxylic acids is 1. The third kappa shape index (κ3) is 6.58. The van der Waals surface area contributed by atoms with Crippen LogP contribution in [0.1, 0.15) is 29.8 Å². The number of benzene rings is 3. The van der Waals surface area contributed by atoms with Crippen LogP contribution in [0.2, 0.25) is 0 Å². The predicted molar refractivity (Wildman–Crippen MR) is 138 cm³/mol. The van der Waals surface area contributed by atoms with Gasteiger partial charge in [0.15, 0.2) is 0 Å². The van der Waals surface area contributed by atoms with E-state index >= 15 is 0 Å². The lowest BCUT2D eigenvalue weighted by Crippen LogP contribution is -2.22. The Bertz CT molecular complexity index is 1240. The van der Waals surface area contributed by atoms with Gasteiger partial charge < -0.3 is 14.6 Å². The Hall–Kier alpha value is -3.86. The van der Waals surface area contributed by atoms with E-state index in [1.54, 1.807) is 6.08 Å². The second-order valence-corrected chi connectivity index (χ2v) is 8.33. The zero-order valence-electron chi connectivity index (χ0n) is 19.6. The average Bonchev–Trinajstić information content (AvgIpc) is 3.21. The van der Waals surface area contributed by atoms with Crippen molar-refractivity contribution in [2.75, 3.05) is 13.2 Å². The fourth-order valence-corrected chi connectivity index (χ4v) is 3.94. The SMILES string of the molecule is Cc1cccc(OCCCn2c(CCCNC(=O)/C=C/c3ccccc3)nc3ccccc32)c1. The Morgan fingerprint density at radius 3 is 2.68 bits per heavy atom. The first-order valence-corrected chi connectivity index (χ1v) is 11.8. The van der Waals surface area contributed by atoms with Crippen LogP contribution < -0.4 is 10.1 Å². The molecule has 0 aliphatic rings. The molecule has 3 aromatic carbocycles. The number of amides is 1. The van der Waals surface area contributed by atoms with E-state index in [9.17, 15) is 4.79 Å². The maximum absolute atomic E-state index is 12.1. The van der Waals surface area contributed by atoms with Gasteiger partial charge in [-0.25, -0.2) is 4.98 Å². The summed E-state index contributed by atoms with van der Waals surface area (Å²) >= 11 is 0. The normalized spacial score (nSPS) is 11.2. The highest BCUT2D eigenvalue weighted by Crippen LogP contribution is 2.18. The molecule has 174 valence electrons. The topological polar surface area (TPSA) is 56.1 Å². The molecule has 0 saturated heterocycles. The Kier molecular flexibility index (Phi) is 8.12. The molecule has 1 aromatic heterocycles. The van der Waals surface area contributed by atoms with Crippen LogP contribution in [0.25, 0.3) is 17.1 Å². The maximum Gasteiger partial charge on any atom is 0.243 e. The summed E-state index contributed by atoms with van der Waals surface area (Å²) in [6, 6.07) is 26.2. The van der Waals surface area contributed by atoms with Crippen LogP contribution in [-0.2, 0) is 17.8 Å². The Morgan fingerprint density at radius 1 is 1.00 bits per heavy atom. The number of carbonyl (C=O) groups is 1. The van der Waals surface area contributed by atoms with Crippen molar-refractivity contribution in [1.82, 2.24) is 14.9 Å². The Balaban J connectivity index is 1.29. The molecule has 0 bridgehead atoms. The van der Waals surface area contributed by atoms with Gasteiger partial charge in [0, 0.05) is 25.6 Å². The minimum absolute atomic E-state index is 0.0781. The summed E-state index contributed by atoms with van der Waals surface area (Å²) in [6.45, 7) is 4.17.